The van der Waals surface area contributed by atoms with Crippen molar-refractivity contribution in [3.63, 3.8) is 0 Å². The zero-order valence-corrected chi connectivity index (χ0v) is 6.35. The van der Waals surface area contributed by atoms with E-state index in [1.807, 2.05) is 0 Å². The lowest BCUT2D eigenvalue weighted by Gasteiger charge is -2.18. The van der Waals surface area contributed by atoms with E-state index < -0.39 is 0 Å². The lowest BCUT2D eigenvalue weighted by Crippen LogP contribution is -2.15. The van der Waals surface area contributed by atoms with E-state index in [0.29, 0.717) is 5.92 Å². The minimum Gasteiger partial charge on any atom is -0.0863 e. The zero-order chi connectivity index (χ0) is 7.68. The summed E-state index contributed by atoms with van der Waals surface area (Å²) in [5.41, 5.74) is 8.27. The van der Waals surface area contributed by atoms with Gasteiger partial charge in [0, 0.05) is 4.91 Å². The summed E-state index contributed by atoms with van der Waals surface area (Å²) in [4.78, 5) is 2.85. The summed E-state index contributed by atoms with van der Waals surface area (Å²) in [6.45, 7) is 0. The van der Waals surface area contributed by atoms with Crippen LogP contribution in [0.1, 0.15) is 19.3 Å². The molecular formula is C8H11N3. The summed E-state index contributed by atoms with van der Waals surface area (Å²) in [6.07, 6.45) is 8.05. The van der Waals surface area contributed by atoms with Crippen molar-refractivity contribution < 1.29 is 0 Å². The van der Waals surface area contributed by atoms with Crippen LogP contribution in [0.5, 0.6) is 0 Å². The van der Waals surface area contributed by atoms with Crippen LogP contribution in [0.15, 0.2) is 17.3 Å². The average molecular weight is 149 g/mol. The predicted molar refractivity (Wildman–Crippen MR) is 42.9 cm³/mol. The minimum atomic E-state index is 0.152. The number of rotatable bonds is 1. The summed E-state index contributed by atoms with van der Waals surface area (Å²) in [5.74, 6) is 1.42. The summed E-state index contributed by atoms with van der Waals surface area (Å²) in [7, 11) is 0. The van der Waals surface area contributed by atoms with Crippen LogP contribution in [0, 0.1) is 11.8 Å². The number of hydrogen-bond donors (Lipinski definition) is 0. The Morgan fingerprint density at radius 1 is 1.36 bits per heavy atom. The highest BCUT2D eigenvalue weighted by Gasteiger charge is 2.31. The molecule has 0 N–H and O–H groups in total. The number of azide groups is 1. The van der Waals surface area contributed by atoms with Crippen LogP contribution < -0.4 is 0 Å². The largest absolute Gasteiger partial charge is 0.0863 e. The first-order valence-corrected chi connectivity index (χ1v) is 4.12. The molecule has 3 nitrogen and oxygen atoms in total. The molecule has 58 valence electrons. The molecule has 11 heavy (non-hydrogen) atoms. The number of nitrogens with zero attached hydrogens (tertiary/aromatic N) is 3. The summed E-state index contributed by atoms with van der Waals surface area (Å²) < 4.78 is 0. The highest BCUT2D eigenvalue weighted by molar-refractivity contribution is 5.08. The topological polar surface area (TPSA) is 48.8 Å². The summed E-state index contributed by atoms with van der Waals surface area (Å²) in [6, 6.07) is 0.152. The quantitative estimate of drug-likeness (QED) is 0.238. The van der Waals surface area contributed by atoms with E-state index in [4.69, 9.17) is 5.53 Å². The lowest BCUT2D eigenvalue weighted by atomic mass is 9.92. The Morgan fingerprint density at radius 3 is 3.09 bits per heavy atom. The average Bonchev–Trinajstić information content (AvgIpc) is 2.40. The maximum atomic E-state index is 8.27. The van der Waals surface area contributed by atoms with Crippen LogP contribution in [0.3, 0.4) is 0 Å². The Balaban J connectivity index is 2.18. The molecule has 0 amide bonds. The van der Waals surface area contributed by atoms with Gasteiger partial charge in [0.15, 0.2) is 0 Å². The Kier molecular flexibility index (Phi) is 1.59. The number of allylic oxidation sites excluding steroid dienone is 1. The van der Waals surface area contributed by atoms with E-state index in [2.05, 4.69) is 22.2 Å². The molecule has 0 radical (unpaired) electrons. The summed E-state index contributed by atoms with van der Waals surface area (Å²) in [5, 5.41) is 3.76. The van der Waals surface area contributed by atoms with Crippen LogP contribution in [0.2, 0.25) is 0 Å². The molecule has 0 aromatic heterocycles. The van der Waals surface area contributed by atoms with Gasteiger partial charge in [-0.15, -0.1) is 0 Å². The van der Waals surface area contributed by atoms with Gasteiger partial charge in [-0.1, -0.05) is 17.3 Å². The van der Waals surface area contributed by atoms with Gasteiger partial charge in [-0.2, -0.15) is 0 Å². The second-order valence-electron chi connectivity index (χ2n) is 3.41. The normalized spacial score (nSPS) is 40.2. The smallest absolute Gasteiger partial charge is 0.0583 e. The van der Waals surface area contributed by atoms with Crippen molar-refractivity contribution in [3.05, 3.63) is 22.6 Å². The second-order valence-corrected chi connectivity index (χ2v) is 3.41. The Morgan fingerprint density at radius 2 is 2.27 bits per heavy atom. The van der Waals surface area contributed by atoms with E-state index in [0.717, 1.165) is 5.92 Å². The summed E-state index contributed by atoms with van der Waals surface area (Å²) >= 11 is 0. The van der Waals surface area contributed by atoms with Crippen molar-refractivity contribution in [3.8, 4) is 0 Å². The molecule has 0 saturated heterocycles. The third-order valence-corrected chi connectivity index (χ3v) is 2.76. The number of hydrogen-bond acceptors (Lipinski definition) is 1. The van der Waals surface area contributed by atoms with Crippen molar-refractivity contribution in [2.45, 2.75) is 25.3 Å². The molecule has 2 aliphatic carbocycles. The molecule has 0 aromatic carbocycles. The molecule has 3 heteroatoms. The molecule has 0 aliphatic heterocycles. The molecule has 3 atom stereocenters. The van der Waals surface area contributed by atoms with E-state index in [9.17, 15) is 0 Å². The van der Waals surface area contributed by atoms with Gasteiger partial charge in [0.2, 0.25) is 0 Å². The molecule has 1 fully saturated rings. The van der Waals surface area contributed by atoms with Crippen molar-refractivity contribution >= 4 is 0 Å². The van der Waals surface area contributed by atoms with Crippen molar-refractivity contribution in [2.75, 3.05) is 0 Å². The van der Waals surface area contributed by atoms with Crippen LogP contribution in [0.25, 0.3) is 10.4 Å². The first-order chi connectivity index (χ1) is 5.40. The monoisotopic (exact) mass is 149 g/mol. The standard InChI is InChI=1S/C8H11N3/c9-11-10-8-4-2-6-1-3-7(8)5-6/h2,4,6-8H,1,3,5H2. The highest BCUT2D eigenvalue weighted by Crippen LogP contribution is 2.39. The van der Waals surface area contributed by atoms with Crippen LogP contribution in [-0.4, -0.2) is 6.04 Å². The fourth-order valence-electron chi connectivity index (χ4n) is 2.16. The van der Waals surface area contributed by atoms with Crippen LogP contribution in [0.4, 0.5) is 0 Å². The molecule has 0 spiro atoms. The number of fused-ring (bicyclic) bond motifs is 2. The maximum absolute atomic E-state index is 8.27. The molecule has 0 aromatic rings. The Hall–Kier alpha value is -0.950. The van der Waals surface area contributed by atoms with Crippen molar-refractivity contribution in [2.24, 2.45) is 17.0 Å². The van der Waals surface area contributed by atoms with Gasteiger partial charge in [0.05, 0.1) is 6.04 Å². The van der Waals surface area contributed by atoms with Gasteiger partial charge >= 0.3 is 0 Å². The van der Waals surface area contributed by atoms with Crippen molar-refractivity contribution in [1.29, 1.82) is 0 Å². The fourth-order valence-corrected chi connectivity index (χ4v) is 2.16. The van der Waals surface area contributed by atoms with Gasteiger partial charge in [0.1, 0.15) is 0 Å². The van der Waals surface area contributed by atoms with Crippen molar-refractivity contribution in [1.82, 2.24) is 0 Å². The van der Waals surface area contributed by atoms with Gasteiger partial charge in [-0.25, -0.2) is 0 Å². The van der Waals surface area contributed by atoms with Gasteiger partial charge in [-0.3, -0.25) is 0 Å². The minimum absolute atomic E-state index is 0.152. The lowest BCUT2D eigenvalue weighted by molar-refractivity contribution is 0.460. The molecule has 2 bridgehead atoms. The first kappa shape index (κ1) is 6.74. The predicted octanol–water partition coefficient (Wildman–Crippen LogP) is 2.65. The van der Waals surface area contributed by atoms with E-state index in [1.54, 1.807) is 0 Å². The molecule has 0 heterocycles. The van der Waals surface area contributed by atoms with Gasteiger partial charge in [0.25, 0.3) is 0 Å². The molecule has 2 aliphatic rings. The Bertz CT molecular complexity index is 227. The fraction of sp³-hybridized carbons (Fsp3) is 0.750. The highest BCUT2D eigenvalue weighted by atomic mass is 15.1. The second kappa shape index (κ2) is 2.59. The van der Waals surface area contributed by atoms with Crippen LogP contribution >= 0.6 is 0 Å². The van der Waals surface area contributed by atoms with Gasteiger partial charge < -0.3 is 0 Å². The molecule has 3 unspecified atom stereocenters. The third-order valence-electron chi connectivity index (χ3n) is 2.76. The van der Waals surface area contributed by atoms with Crippen LogP contribution in [-0.2, 0) is 0 Å². The van der Waals surface area contributed by atoms with E-state index in [1.165, 1.54) is 19.3 Å². The molecule has 2 rings (SSSR count). The molecular weight excluding hydrogens is 138 g/mol. The van der Waals surface area contributed by atoms with Gasteiger partial charge in [-0.05, 0) is 36.6 Å². The third kappa shape index (κ3) is 1.12. The Labute approximate surface area is 65.7 Å². The SMILES string of the molecule is [N-]=[N+]=NC1C=CC2CCC1C2. The van der Waals surface area contributed by atoms with E-state index in [-0.39, 0.29) is 6.04 Å². The molecule has 1 saturated carbocycles. The first-order valence-electron chi connectivity index (χ1n) is 4.12. The van der Waals surface area contributed by atoms with E-state index >= 15 is 0 Å². The maximum Gasteiger partial charge on any atom is 0.0583 e. The zero-order valence-electron chi connectivity index (χ0n) is 6.35.